The van der Waals surface area contributed by atoms with Crippen molar-refractivity contribution < 1.29 is 14.1 Å². The molecule has 0 bridgehead atoms. The Morgan fingerprint density at radius 2 is 2.00 bits per heavy atom. The molecule has 1 aliphatic rings. The molecule has 0 aliphatic heterocycles. The number of rotatable bonds is 5. The van der Waals surface area contributed by atoms with E-state index in [1.165, 1.54) is 12.8 Å². The monoisotopic (exact) mass is 393 g/mol. The molecule has 4 nitrogen and oxygen atoms in total. The van der Waals surface area contributed by atoms with E-state index < -0.39 is 0 Å². The second-order valence-electron chi connectivity index (χ2n) is 8.26. The summed E-state index contributed by atoms with van der Waals surface area (Å²) in [7, 11) is 2.07. The van der Waals surface area contributed by atoms with Crippen molar-refractivity contribution in [3.63, 3.8) is 0 Å². The molecule has 27 heavy (non-hydrogen) atoms. The third-order valence-electron chi connectivity index (χ3n) is 6.08. The second kappa shape index (κ2) is 9.09. The quantitative estimate of drug-likeness (QED) is 0.555. The number of aromatic nitrogens is 2. The van der Waals surface area contributed by atoms with Gasteiger partial charge in [-0.05, 0) is 42.7 Å². The molecule has 1 aromatic heterocycles. The second-order valence-corrected chi connectivity index (χ2v) is 8.26. The molecule has 1 aromatic carbocycles. The highest BCUT2D eigenvalue weighted by molar-refractivity contribution is 5.85. The molecule has 3 unspecified atom stereocenters. The molecule has 1 fully saturated rings. The Bertz CT molecular complexity index is 784. The molecule has 5 heteroatoms. The van der Waals surface area contributed by atoms with E-state index in [9.17, 15) is 4.79 Å². The maximum Gasteiger partial charge on any atom is 0.348 e. The van der Waals surface area contributed by atoms with Gasteiger partial charge in [-0.25, -0.2) is 13.9 Å². The van der Waals surface area contributed by atoms with Crippen LogP contribution in [0, 0.1) is 17.8 Å². The summed E-state index contributed by atoms with van der Waals surface area (Å²) in [6.07, 6.45) is 4.35. The summed E-state index contributed by atoms with van der Waals surface area (Å²) in [6, 6.07) is 8.26. The predicted octanol–water partition coefficient (Wildman–Crippen LogP) is 4.45. The average molecular weight is 394 g/mol. The molecule has 0 saturated heterocycles. The Morgan fingerprint density at radius 1 is 1.30 bits per heavy atom. The van der Waals surface area contributed by atoms with Crippen molar-refractivity contribution in [2.75, 3.05) is 0 Å². The fourth-order valence-corrected chi connectivity index (χ4v) is 4.63. The van der Waals surface area contributed by atoms with Crippen molar-refractivity contribution in [3.05, 3.63) is 30.1 Å². The lowest BCUT2D eigenvalue weighted by atomic mass is 9.75. The molecular weight excluding hydrogens is 360 g/mol. The zero-order valence-electron chi connectivity index (χ0n) is 17.3. The molecule has 0 spiro atoms. The van der Waals surface area contributed by atoms with Crippen LogP contribution in [-0.4, -0.2) is 16.6 Å². The number of hydrogen-bond acceptors (Lipinski definition) is 2. The number of benzene rings is 1. The lowest BCUT2D eigenvalue weighted by molar-refractivity contribution is -0.653. The molecular formula is C22H34ClN2O2+. The van der Waals surface area contributed by atoms with E-state index in [4.69, 9.17) is 4.74 Å². The number of para-hydroxylation sites is 2. The van der Waals surface area contributed by atoms with E-state index in [-0.39, 0.29) is 24.5 Å². The largest absolute Gasteiger partial charge is 0.459 e. The van der Waals surface area contributed by atoms with Crippen molar-refractivity contribution in [3.8, 4) is 0 Å². The van der Waals surface area contributed by atoms with Crippen LogP contribution >= 0.6 is 12.4 Å². The van der Waals surface area contributed by atoms with Crippen LogP contribution in [0.5, 0.6) is 0 Å². The Balaban J connectivity index is 0.00000261. The third kappa shape index (κ3) is 4.48. The fraction of sp³-hybridized carbons (Fsp3) is 0.636. The van der Waals surface area contributed by atoms with Crippen LogP contribution in [0.2, 0.25) is 0 Å². The van der Waals surface area contributed by atoms with Crippen LogP contribution < -0.4 is 4.57 Å². The number of carbonyl (C=O) groups is 1. The minimum Gasteiger partial charge on any atom is -0.459 e. The van der Waals surface area contributed by atoms with E-state index >= 15 is 0 Å². The average Bonchev–Trinajstić information content (AvgIpc) is 2.86. The minimum atomic E-state index is -0.106. The number of hydrogen-bond donors (Lipinski definition) is 0. The van der Waals surface area contributed by atoms with Gasteiger partial charge in [-0.1, -0.05) is 46.2 Å². The number of fused-ring (bicyclic) bond motifs is 1. The number of aryl methyl sites for hydroxylation is 1. The van der Waals surface area contributed by atoms with Gasteiger partial charge in [-0.15, -0.1) is 12.4 Å². The number of halogens is 1. The molecule has 0 amide bonds. The SMILES string of the molecule is CCc1n(CC(=O)OC2CC(C)CCC2C(C)C)c2ccccc2[n+]1C.Cl. The van der Waals surface area contributed by atoms with Crippen LogP contribution in [0.25, 0.3) is 11.0 Å². The lowest BCUT2D eigenvalue weighted by Crippen LogP contribution is -2.37. The van der Waals surface area contributed by atoms with Gasteiger partial charge in [0.2, 0.25) is 0 Å². The topological polar surface area (TPSA) is 35.1 Å². The first-order chi connectivity index (χ1) is 12.4. The molecule has 3 atom stereocenters. The molecule has 0 N–H and O–H groups in total. The highest BCUT2D eigenvalue weighted by atomic mass is 35.5. The first-order valence-electron chi connectivity index (χ1n) is 10.1. The zero-order valence-corrected chi connectivity index (χ0v) is 18.1. The Morgan fingerprint density at radius 3 is 2.67 bits per heavy atom. The molecule has 1 saturated carbocycles. The van der Waals surface area contributed by atoms with Gasteiger partial charge < -0.3 is 4.74 Å². The standard InChI is InChI=1S/C22H33N2O2.ClH/c1-6-21-23(5)18-9-7-8-10-19(18)24(21)14-22(25)26-20-13-16(4)11-12-17(20)15(2)3;/h7-10,15-17,20H,6,11-14H2,1-5H3;1H/q+1;. The molecule has 150 valence electrons. The minimum absolute atomic E-state index is 0. The van der Waals surface area contributed by atoms with Crippen LogP contribution in [0.3, 0.4) is 0 Å². The fourth-order valence-electron chi connectivity index (χ4n) is 4.63. The van der Waals surface area contributed by atoms with Gasteiger partial charge in [0.1, 0.15) is 6.10 Å². The first kappa shape index (κ1) is 21.7. The van der Waals surface area contributed by atoms with Gasteiger partial charge in [0.05, 0.1) is 7.05 Å². The number of esters is 1. The van der Waals surface area contributed by atoms with E-state index in [1.807, 2.05) is 12.1 Å². The van der Waals surface area contributed by atoms with Crippen molar-refractivity contribution in [2.24, 2.45) is 24.8 Å². The molecule has 3 rings (SSSR count). The van der Waals surface area contributed by atoms with E-state index in [1.54, 1.807) is 0 Å². The van der Waals surface area contributed by atoms with Crippen molar-refractivity contribution in [1.82, 2.24) is 4.57 Å². The number of nitrogens with zero attached hydrogens (tertiary/aromatic N) is 2. The van der Waals surface area contributed by atoms with Crippen molar-refractivity contribution in [1.29, 1.82) is 0 Å². The Labute approximate surface area is 169 Å². The normalized spacial score (nSPS) is 22.7. The summed E-state index contributed by atoms with van der Waals surface area (Å²) in [5.74, 6) is 2.72. The maximum atomic E-state index is 12.8. The number of imidazole rings is 1. The zero-order chi connectivity index (χ0) is 18.8. The summed E-state index contributed by atoms with van der Waals surface area (Å²) in [6.45, 7) is 9.19. The van der Waals surface area contributed by atoms with E-state index in [0.717, 1.165) is 29.7 Å². The van der Waals surface area contributed by atoms with Crippen molar-refractivity contribution >= 4 is 29.4 Å². The Kier molecular flexibility index (Phi) is 7.32. The van der Waals surface area contributed by atoms with Crippen LogP contribution in [0.15, 0.2) is 24.3 Å². The number of ether oxygens (including phenoxy) is 1. The summed E-state index contributed by atoms with van der Waals surface area (Å²) >= 11 is 0. The first-order valence-corrected chi connectivity index (χ1v) is 10.1. The van der Waals surface area contributed by atoms with Crippen LogP contribution in [0.4, 0.5) is 0 Å². The van der Waals surface area contributed by atoms with E-state index in [2.05, 4.69) is 56.0 Å². The van der Waals surface area contributed by atoms with Gasteiger partial charge >= 0.3 is 5.97 Å². The highest BCUT2D eigenvalue weighted by Crippen LogP contribution is 2.35. The van der Waals surface area contributed by atoms with Crippen LogP contribution in [-0.2, 0) is 29.5 Å². The Hall–Kier alpha value is -1.55. The third-order valence-corrected chi connectivity index (χ3v) is 6.08. The van der Waals surface area contributed by atoms with Crippen LogP contribution in [0.1, 0.15) is 52.8 Å². The van der Waals surface area contributed by atoms with Gasteiger partial charge in [0.15, 0.2) is 17.6 Å². The highest BCUT2D eigenvalue weighted by Gasteiger charge is 2.34. The maximum absolute atomic E-state index is 12.8. The molecule has 1 aliphatic carbocycles. The van der Waals surface area contributed by atoms with Gasteiger partial charge in [0.25, 0.3) is 5.82 Å². The molecule has 1 heterocycles. The predicted molar refractivity (Wildman–Crippen MR) is 111 cm³/mol. The summed E-state index contributed by atoms with van der Waals surface area (Å²) in [5.41, 5.74) is 2.25. The summed E-state index contributed by atoms with van der Waals surface area (Å²) in [4.78, 5) is 12.8. The lowest BCUT2D eigenvalue weighted by Gasteiger charge is -2.36. The van der Waals surface area contributed by atoms with Gasteiger partial charge in [-0.3, -0.25) is 0 Å². The molecule has 2 aromatic rings. The van der Waals surface area contributed by atoms with Gasteiger partial charge in [-0.2, -0.15) is 0 Å². The van der Waals surface area contributed by atoms with E-state index in [0.29, 0.717) is 24.3 Å². The smallest absolute Gasteiger partial charge is 0.348 e. The summed E-state index contributed by atoms with van der Waals surface area (Å²) < 4.78 is 10.3. The summed E-state index contributed by atoms with van der Waals surface area (Å²) in [5, 5.41) is 0. The van der Waals surface area contributed by atoms with Gasteiger partial charge in [0, 0.05) is 6.42 Å². The molecule has 0 radical (unpaired) electrons. The number of carbonyl (C=O) groups excluding carboxylic acids is 1. The van der Waals surface area contributed by atoms with Crippen molar-refractivity contribution in [2.45, 2.75) is 66.0 Å².